The topological polar surface area (TPSA) is 65.5 Å². The zero-order valence-electron chi connectivity index (χ0n) is 16.6. The van der Waals surface area contributed by atoms with Gasteiger partial charge in [0.15, 0.2) is 5.96 Å². The summed E-state index contributed by atoms with van der Waals surface area (Å²) in [7, 11) is 0. The molecule has 7 heteroatoms. The largest absolute Gasteiger partial charge is 0.357 e. The van der Waals surface area contributed by atoms with E-state index in [1.165, 1.54) is 16.0 Å². The Morgan fingerprint density at radius 1 is 1.04 bits per heavy atom. The van der Waals surface area contributed by atoms with Gasteiger partial charge in [0.25, 0.3) is 5.91 Å². The van der Waals surface area contributed by atoms with Gasteiger partial charge in [-0.05, 0) is 49.4 Å². The predicted octanol–water partition coefficient (Wildman–Crippen LogP) is 3.82. The summed E-state index contributed by atoms with van der Waals surface area (Å²) in [6.45, 7) is 6.66. The van der Waals surface area contributed by atoms with Crippen molar-refractivity contribution in [3.8, 4) is 0 Å². The number of thioether (sulfide) groups is 1. The lowest BCUT2D eigenvalue weighted by Crippen LogP contribution is -2.41. The molecule has 0 aliphatic heterocycles. The van der Waals surface area contributed by atoms with E-state index in [0.717, 1.165) is 12.5 Å². The Hall–Kier alpha value is -1.74. The van der Waals surface area contributed by atoms with Gasteiger partial charge in [-0.25, -0.2) is 4.99 Å². The van der Waals surface area contributed by atoms with E-state index < -0.39 is 0 Å². The van der Waals surface area contributed by atoms with Gasteiger partial charge >= 0.3 is 0 Å². The van der Waals surface area contributed by atoms with Crippen LogP contribution in [0.25, 0.3) is 0 Å². The molecule has 0 bridgehead atoms. The summed E-state index contributed by atoms with van der Waals surface area (Å²) in [5.41, 5.74) is 3.14. The normalized spacial score (nSPS) is 10.8. The quantitative estimate of drug-likeness (QED) is 0.166. The van der Waals surface area contributed by atoms with E-state index in [9.17, 15) is 4.79 Å². The summed E-state index contributed by atoms with van der Waals surface area (Å²) < 4.78 is 0. The maximum atomic E-state index is 12.0. The molecule has 0 spiro atoms. The van der Waals surface area contributed by atoms with Crippen molar-refractivity contribution in [2.24, 2.45) is 4.99 Å². The van der Waals surface area contributed by atoms with Gasteiger partial charge in [0.05, 0.1) is 6.54 Å². The Bertz CT molecular complexity index is 768. The van der Waals surface area contributed by atoms with Gasteiger partial charge in [-0.15, -0.1) is 35.7 Å². The number of hydrogen-bond donors (Lipinski definition) is 3. The van der Waals surface area contributed by atoms with Crippen LogP contribution in [0.2, 0.25) is 0 Å². The van der Waals surface area contributed by atoms with Gasteiger partial charge < -0.3 is 16.0 Å². The molecule has 0 heterocycles. The lowest BCUT2D eigenvalue weighted by molar-refractivity contribution is 0.0954. The maximum absolute atomic E-state index is 12.0. The van der Waals surface area contributed by atoms with E-state index in [1.807, 2.05) is 25.1 Å². The van der Waals surface area contributed by atoms with Crippen LogP contribution in [0.3, 0.4) is 0 Å². The third-order valence-corrected chi connectivity index (χ3v) is 4.75. The first kappa shape index (κ1) is 24.3. The molecule has 3 N–H and O–H groups in total. The van der Waals surface area contributed by atoms with Gasteiger partial charge in [-0.3, -0.25) is 4.79 Å². The molecule has 0 aliphatic carbocycles. The van der Waals surface area contributed by atoms with Crippen molar-refractivity contribution < 1.29 is 4.79 Å². The molecule has 2 aromatic carbocycles. The van der Waals surface area contributed by atoms with Crippen molar-refractivity contribution in [1.82, 2.24) is 16.0 Å². The van der Waals surface area contributed by atoms with E-state index in [4.69, 9.17) is 0 Å². The number of aryl methyl sites for hydroxylation is 1. The van der Waals surface area contributed by atoms with Crippen LogP contribution in [-0.2, 0) is 6.54 Å². The zero-order chi connectivity index (χ0) is 19.5. The number of rotatable bonds is 8. The second-order valence-corrected chi connectivity index (χ2v) is 6.91. The van der Waals surface area contributed by atoms with Crippen molar-refractivity contribution in [3.63, 3.8) is 0 Å². The Balaban J connectivity index is 0.00000392. The summed E-state index contributed by atoms with van der Waals surface area (Å²) in [4.78, 5) is 18.0. The first-order valence-corrected chi connectivity index (χ1v) is 10.4. The van der Waals surface area contributed by atoms with E-state index in [2.05, 4.69) is 52.3 Å². The highest BCUT2D eigenvalue weighted by Crippen LogP contribution is 2.22. The Labute approximate surface area is 189 Å². The van der Waals surface area contributed by atoms with Crippen molar-refractivity contribution in [2.75, 3.05) is 25.9 Å². The number of carbonyl (C=O) groups excluding carboxylic acids is 1. The Kier molecular flexibility index (Phi) is 11.7. The number of guanidine groups is 1. The van der Waals surface area contributed by atoms with Crippen LogP contribution >= 0.6 is 35.7 Å². The lowest BCUT2D eigenvalue weighted by atomic mass is 10.1. The maximum Gasteiger partial charge on any atom is 0.251 e. The van der Waals surface area contributed by atoms with Crippen molar-refractivity contribution in [3.05, 3.63) is 65.2 Å². The standard InChI is InChI=1S/C21H28N4OS.HI/c1-4-22-21(25-15-18-11-10-16(2)14-19(18)27-3)24-13-12-23-20(26)17-8-6-5-7-9-17;/h5-11,14H,4,12-13,15H2,1-3H3,(H,23,26)(H2,22,24,25);1H. The minimum Gasteiger partial charge on any atom is -0.357 e. The van der Waals surface area contributed by atoms with Crippen LogP contribution in [0.4, 0.5) is 0 Å². The molecule has 1 amide bonds. The second kappa shape index (κ2) is 13.4. The molecular formula is C21H29IN4OS. The molecular weight excluding hydrogens is 483 g/mol. The highest BCUT2D eigenvalue weighted by Gasteiger charge is 2.05. The highest BCUT2D eigenvalue weighted by molar-refractivity contribution is 14.0. The molecule has 0 radical (unpaired) electrons. The summed E-state index contributed by atoms with van der Waals surface area (Å²) in [5, 5.41) is 9.41. The van der Waals surface area contributed by atoms with Gasteiger partial charge in [-0.2, -0.15) is 0 Å². The van der Waals surface area contributed by atoms with E-state index in [1.54, 1.807) is 23.9 Å². The molecule has 2 aromatic rings. The number of amides is 1. The third kappa shape index (κ3) is 8.10. The minimum atomic E-state index is -0.0661. The smallest absolute Gasteiger partial charge is 0.251 e. The number of aliphatic imine (C=N–C) groups is 1. The van der Waals surface area contributed by atoms with Crippen LogP contribution in [-0.4, -0.2) is 37.8 Å². The Morgan fingerprint density at radius 2 is 1.75 bits per heavy atom. The first-order valence-electron chi connectivity index (χ1n) is 9.13. The van der Waals surface area contributed by atoms with E-state index in [-0.39, 0.29) is 29.9 Å². The average molecular weight is 512 g/mol. The highest BCUT2D eigenvalue weighted by atomic mass is 127. The number of nitrogens with one attached hydrogen (secondary N) is 3. The number of hydrogen-bond acceptors (Lipinski definition) is 3. The molecule has 0 aliphatic rings. The van der Waals surface area contributed by atoms with Crippen molar-refractivity contribution in [1.29, 1.82) is 0 Å². The summed E-state index contributed by atoms with van der Waals surface area (Å²) >= 11 is 1.74. The summed E-state index contributed by atoms with van der Waals surface area (Å²) in [6.07, 6.45) is 2.08. The molecule has 152 valence electrons. The number of nitrogens with zero attached hydrogens (tertiary/aromatic N) is 1. The zero-order valence-corrected chi connectivity index (χ0v) is 19.8. The van der Waals surface area contributed by atoms with Gasteiger partial charge in [-0.1, -0.05) is 30.3 Å². The molecule has 5 nitrogen and oxygen atoms in total. The fourth-order valence-corrected chi connectivity index (χ4v) is 3.24. The van der Waals surface area contributed by atoms with Crippen LogP contribution in [0.1, 0.15) is 28.4 Å². The summed E-state index contributed by atoms with van der Waals surface area (Å²) in [6, 6.07) is 15.7. The number of benzene rings is 2. The lowest BCUT2D eigenvalue weighted by Gasteiger charge is -2.13. The predicted molar refractivity (Wildman–Crippen MR) is 130 cm³/mol. The SMILES string of the molecule is CCNC(=NCc1ccc(C)cc1SC)NCCNC(=O)c1ccccc1.I. The minimum absolute atomic E-state index is 0. The van der Waals surface area contributed by atoms with Gasteiger partial charge in [0.2, 0.25) is 0 Å². The van der Waals surface area contributed by atoms with Crippen LogP contribution < -0.4 is 16.0 Å². The second-order valence-electron chi connectivity index (χ2n) is 6.06. The van der Waals surface area contributed by atoms with Crippen LogP contribution in [0.5, 0.6) is 0 Å². The van der Waals surface area contributed by atoms with Crippen LogP contribution in [0.15, 0.2) is 58.4 Å². The number of carbonyl (C=O) groups is 1. The fraction of sp³-hybridized carbons (Fsp3) is 0.333. The van der Waals surface area contributed by atoms with E-state index in [0.29, 0.717) is 25.2 Å². The monoisotopic (exact) mass is 512 g/mol. The molecule has 28 heavy (non-hydrogen) atoms. The summed E-state index contributed by atoms with van der Waals surface area (Å²) in [5.74, 6) is 0.683. The molecule has 0 unspecified atom stereocenters. The molecule has 2 rings (SSSR count). The molecule has 0 saturated carbocycles. The third-order valence-electron chi connectivity index (χ3n) is 3.93. The van der Waals surface area contributed by atoms with Crippen LogP contribution in [0, 0.1) is 6.92 Å². The van der Waals surface area contributed by atoms with Gasteiger partial charge in [0, 0.05) is 30.1 Å². The Morgan fingerprint density at radius 3 is 2.43 bits per heavy atom. The van der Waals surface area contributed by atoms with Gasteiger partial charge in [0.1, 0.15) is 0 Å². The molecule has 0 saturated heterocycles. The molecule has 0 fully saturated rings. The van der Waals surface area contributed by atoms with Crippen molar-refractivity contribution in [2.45, 2.75) is 25.3 Å². The fourth-order valence-electron chi connectivity index (χ4n) is 2.54. The molecule has 0 atom stereocenters. The molecule has 0 aromatic heterocycles. The first-order chi connectivity index (χ1) is 13.1. The van der Waals surface area contributed by atoms with Crippen molar-refractivity contribution >= 4 is 47.6 Å². The van der Waals surface area contributed by atoms with E-state index >= 15 is 0 Å². The number of halogens is 1. The average Bonchev–Trinajstić information content (AvgIpc) is 2.70.